The Morgan fingerprint density at radius 2 is 1.97 bits per heavy atom. The SMILES string of the molecule is C[C@H]1[C@H](NC(=O)/C(=N\OC(C)(C)C(=O)O)c2csc(N)n2)C(=O)N1S(=O)(=O)O.[NaH].[NaH]. The molecule has 1 aliphatic heterocycles. The topological polar surface area (TPSA) is 202 Å². The number of nitrogens with zero attached hydrogens (tertiary/aromatic N) is 3. The summed E-state index contributed by atoms with van der Waals surface area (Å²) < 4.78 is 31.4. The minimum absolute atomic E-state index is 0. The maximum atomic E-state index is 12.6. The number of hydrogen-bond acceptors (Lipinski definition) is 10. The van der Waals surface area contributed by atoms with Gasteiger partial charge in [-0.3, -0.25) is 14.1 Å². The van der Waals surface area contributed by atoms with Crippen LogP contribution in [-0.4, -0.2) is 128 Å². The van der Waals surface area contributed by atoms with Gasteiger partial charge in [-0.1, -0.05) is 5.16 Å². The van der Waals surface area contributed by atoms with Crippen LogP contribution in [0.1, 0.15) is 26.5 Å². The van der Waals surface area contributed by atoms with Crippen molar-refractivity contribution in [3.63, 3.8) is 0 Å². The van der Waals surface area contributed by atoms with E-state index in [4.69, 9.17) is 20.2 Å². The van der Waals surface area contributed by atoms with Crippen LogP contribution in [0.4, 0.5) is 5.13 Å². The molecule has 1 aromatic heterocycles. The van der Waals surface area contributed by atoms with E-state index in [1.165, 1.54) is 26.2 Å². The average molecular weight is 483 g/mol. The van der Waals surface area contributed by atoms with Crippen molar-refractivity contribution in [1.82, 2.24) is 14.6 Å². The molecule has 0 aromatic carbocycles. The first-order valence-electron chi connectivity index (χ1n) is 7.58. The van der Waals surface area contributed by atoms with Gasteiger partial charge in [0, 0.05) is 5.38 Å². The molecule has 13 nitrogen and oxygen atoms in total. The molecular weight excluding hydrogens is 464 g/mol. The van der Waals surface area contributed by atoms with Gasteiger partial charge in [0.1, 0.15) is 11.7 Å². The Morgan fingerprint density at radius 3 is 2.37 bits per heavy atom. The van der Waals surface area contributed by atoms with Crippen molar-refractivity contribution < 1.29 is 37.3 Å². The number of nitrogens with one attached hydrogen (secondary N) is 1. The number of carbonyl (C=O) groups is 3. The number of β-lactam (4-membered cyclic amide) rings is 1. The van der Waals surface area contributed by atoms with E-state index in [1.54, 1.807) is 0 Å². The minimum atomic E-state index is -4.76. The zero-order valence-corrected chi connectivity index (χ0v) is 16.4. The molecule has 1 fully saturated rings. The fourth-order valence-electron chi connectivity index (χ4n) is 2.11. The van der Waals surface area contributed by atoms with E-state index in [9.17, 15) is 22.8 Å². The molecule has 158 valence electrons. The Bertz CT molecular complexity index is 964. The number of amides is 2. The van der Waals surface area contributed by atoms with E-state index in [-0.39, 0.29) is 74.2 Å². The predicted octanol–water partition coefficient (Wildman–Crippen LogP) is -2.47. The summed E-state index contributed by atoms with van der Waals surface area (Å²) >= 11 is 0.980. The van der Waals surface area contributed by atoms with Crippen molar-refractivity contribution in [3.8, 4) is 0 Å². The van der Waals surface area contributed by atoms with E-state index in [0.717, 1.165) is 11.3 Å². The second-order valence-corrected chi connectivity index (χ2v) is 8.40. The summed E-state index contributed by atoms with van der Waals surface area (Å²) in [6.45, 7) is 3.69. The molecular formula is C13H19N5Na2O8S2. The van der Waals surface area contributed by atoms with E-state index < -0.39 is 51.5 Å². The summed E-state index contributed by atoms with van der Waals surface area (Å²) in [7, 11) is -4.76. The number of oxime groups is 1. The van der Waals surface area contributed by atoms with E-state index in [1.807, 2.05) is 0 Å². The van der Waals surface area contributed by atoms with Crippen LogP contribution in [0, 0.1) is 0 Å². The molecule has 0 saturated carbocycles. The number of rotatable bonds is 7. The van der Waals surface area contributed by atoms with E-state index in [0.29, 0.717) is 0 Å². The van der Waals surface area contributed by atoms with Crippen LogP contribution in [0.3, 0.4) is 0 Å². The maximum absolute atomic E-state index is 12.6. The van der Waals surface area contributed by atoms with Crippen LogP contribution in [0.2, 0.25) is 0 Å². The zero-order chi connectivity index (χ0) is 21.4. The van der Waals surface area contributed by atoms with Gasteiger partial charge in [-0.25, -0.2) is 14.1 Å². The summed E-state index contributed by atoms with van der Waals surface area (Å²) in [6.07, 6.45) is 0. The molecule has 0 unspecified atom stereocenters. The molecule has 2 amide bonds. The fraction of sp³-hybridized carbons (Fsp3) is 0.462. The molecule has 1 saturated heterocycles. The first-order chi connectivity index (χ1) is 12.8. The standard InChI is InChI=1S/C13H17N5O8S2.2Na.2H/c1-5-7(10(20)18(5)28(23,24)25)16-9(19)8(6-4-27-12(14)15-6)17-26-13(2,3)11(21)22;;;;/h4-5,7H,1-3H3,(H2,14,15)(H,16,19)(H,21,22)(H,23,24,25);;;;/b17-8-;;;;/t5-,7-;;;;/m0..../s1. The Kier molecular flexibility index (Phi) is 10.4. The molecule has 5 N–H and O–H groups in total. The van der Waals surface area contributed by atoms with Gasteiger partial charge in [0.15, 0.2) is 10.8 Å². The third-order valence-electron chi connectivity index (χ3n) is 3.73. The van der Waals surface area contributed by atoms with Gasteiger partial charge in [0.25, 0.3) is 11.8 Å². The quantitative estimate of drug-likeness (QED) is 0.106. The number of carbonyl (C=O) groups excluding carboxylic acids is 2. The van der Waals surface area contributed by atoms with Crippen LogP contribution in [-0.2, 0) is 29.5 Å². The number of aromatic nitrogens is 1. The zero-order valence-electron chi connectivity index (χ0n) is 14.8. The Labute approximate surface area is 219 Å². The van der Waals surface area contributed by atoms with Crippen molar-refractivity contribution in [2.24, 2.45) is 5.16 Å². The van der Waals surface area contributed by atoms with Gasteiger partial charge >= 0.3 is 75.4 Å². The van der Waals surface area contributed by atoms with Gasteiger partial charge in [-0.2, -0.15) is 8.42 Å². The van der Waals surface area contributed by atoms with Crippen LogP contribution >= 0.6 is 11.3 Å². The number of aliphatic carboxylic acids is 1. The number of anilines is 1. The van der Waals surface area contributed by atoms with Crippen molar-refractivity contribution in [2.45, 2.75) is 38.5 Å². The molecule has 2 heterocycles. The van der Waals surface area contributed by atoms with Crippen molar-refractivity contribution in [2.75, 3.05) is 5.73 Å². The first kappa shape index (κ1) is 29.2. The van der Waals surface area contributed by atoms with Crippen LogP contribution in [0.5, 0.6) is 0 Å². The number of thiazole rings is 1. The summed E-state index contributed by atoms with van der Waals surface area (Å²) in [5, 5.41) is 16.3. The number of nitrogens with two attached hydrogens (primary N) is 1. The second-order valence-electron chi connectivity index (χ2n) is 6.22. The Hall–Kier alpha value is -0.780. The molecule has 30 heavy (non-hydrogen) atoms. The second kappa shape index (κ2) is 10.7. The van der Waals surface area contributed by atoms with E-state index >= 15 is 0 Å². The Morgan fingerprint density at radius 1 is 1.40 bits per heavy atom. The summed E-state index contributed by atoms with van der Waals surface area (Å²) in [4.78, 5) is 44.4. The molecule has 2 rings (SSSR count). The molecule has 0 aliphatic carbocycles. The molecule has 2 atom stereocenters. The van der Waals surface area contributed by atoms with Crippen molar-refractivity contribution in [1.29, 1.82) is 0 Å². The molecule has 0 spiro atoms. The number of carboxylic acids is 1. The van der Waals surface area contributed by atoms with Crippen molar-refractivity contribution in [3.05, 3.63) is 11.1 Å². The van der Waals surface area contributed by atoms with Crippen molar-refractivity contribution >= 4 is 109 Å². The number of carboxylic acid groups (broad SMARTS) is 1. The van der Waals surface area contributed by atoms with Crippen LogP contribution < -0.4 is 11.1 Å². The van der Waals surface area contributed by atoms with Crippen LogP contribution in [0.25, 0.3) is 0 Å². The van der Waals surface area contributed by atoms with Gasteiger partial charge < -0.3 is 21.0 Å². The predicted molar refractivity (Wildman–Crippen MR) is 110 cm³/mol. The van der Waals surface area contributed by atoms with Gasteiger partial charge in [0.05, 0.1) is 6.04 Å². The van der Waals surface area contributed by atoms with Gasteiger partial charge in [-0.15, -0.1) is 11.3 Å². The van der Waals surface area contributed by atoms with E-state index in [2.05, 4.69) is 15.5 Å². The summed E-state index contributed by atoms with van der Waals surface area (Å²) in [6, 6.07) is -2.31. The van der Waals surface area contributed by atoms with Crippen LogP contribution in [0.15, 0.2) is 10.5 Å². The van der Waals surface area contributed by atoms with Gasteiger partial charge in [-0.05, 0) is 20.8 Å². The van der Waals surface area contributed by atoms with Gasteiger partial charge in [0.2, 0.25) is 5.60 Å². The fourth-order valence-corrected chi connectivity index (χ4v) is 3.54. The third-order valence-corrected chi connectivity index (χ3v) is 5.41. The summed E-state index contributed by atoms with van der Waals surface area (Å²) in [5.74, 6) is -3.38. The average Bonchev–Trinajstić information content (AvgIpc) is 2.97. The normalized spacial score (nSPS) is 19.1. The number of hydrogen-bond donors (Lipinski definition) is 4. The Balaban J connectivity index is 0.00000420. The molecule has 0 bridgehead atoms. The number of nitrogen functional groups attached to an aromatic ring is 1. The first-order valence-corrected chi connectivity index (χ1v) is 9.86. The monoisotopic (exact) mass is 483 g/mol. The molecule has 1 aromatic rings. The molecule has 0 radical (unpaired) electrons. The summed E-state index contributed by atoms with van der Waals surface area (Å²) in [5.41, 5.74) is 3.26. The molecule has 17 heteroatoms. The molecule has 1 aliphatic rings. The third kappa shape index (κ3) is 6.37.